The molecule has 0 radical (unpaired) electrons. The fourth-order valence-corrected chi connectivity index (χ4v) is 2.95. The Hall–Kier alpha value is -3.06. The standard InChI is InChI=1S/C19H21N5O2/c1-12(2)17(19(25)26)20-11-13-7-3-4-8-14(13)15-9-5-6-10-16(15)18-21-23-24-22-18/h3-10,12,17,20H,11H2,1-2H3,(H,25,26)(H,21,22,23,24)/t17-/m0/s1. The number of nitrogens with one attached hydrogen (secondary N) is 2. The van der Waals surface area contributed by atoms with Crippen LogP contribution in [0.2, 0.25) is 0 Å². The average molecular weight is 351 g/mol. The second kappa shape index (κ2) is 7.88. The highest BCUT2D eigenvalue weighted by Crippen LogP contribution is 2.32. The molecule has 26 heavy (non-hydrogen) atoms. The Bertz CT molecular complexity index is 877. The van der Waals surface area contributed by atoms with Gasteiger partial charge in [0.1, 0.15) is 6.04 Å². The SMILES string of the molecule is CC(C)[C@H](NCc1ccccc1-c1ccccc1-c1nn[nH]n1)C(=O)O. The molecule has 0 aliphatic rings. The summed E-state index contributed by atoms with van der Waals surface area (Å²) >= 11 is 0. The van der Waals surface area contributed by atoms with Gasteiger partial charge in [-0.05, 0) is 27.8 Å². The topological polar surface area (TPSA) is 104 Å². The number of benzene rings is 2. The number of rotatable bonds is 7. The van der Waals surface area contributed by atoms with Crippen molar-refractivity contribution in [2.24, 2.45) is 5.92 Å². The number of carboxylic acid groups (broad SMARTS) is 1. The summed E-state index contributed by atoms with van der Waals surface area (Å²) < 4.78 is 0. The molecular formula is C19H21N5O2. The van der Waals surface area contributed by atoms with E-state index >= 15 is 0 Å². The number of hydrogen-bond donors (Lipinski definition) is 3. The molecule has 2 aromatic carbocycles. The van der Waals surface area contributed by atoms with Crippen LogP contribution in [-0.4, -0.2) is 37.7 Å². The van der Waals surface area contributed by atoms with Gasteiger partial charge in [0.25, 0.3) is 0 Å². The van der Waals surface area contributed by atoms with Crippen LogP contribution in [0, 0.1) is 5.92 Å². The first-order valence-electron chi connectivity index (χ1n) is 8.45. The average Bonchev–Trinajstić information content (AvgIpc) is 3.16. The maximum absolute atomic E-state index is 11.4. The van der Waals surface area contributed by atoms with Gasteiger partial charge in [0.05, 0.1) is 0 Å². The maximum atomic E-state index is 11.4. The highest BCUT2D eigenvalue weighted by Gasteiger charge is 2.21. The summed E-state index contributed by atoms with van der Waals surface area (Å²) in [5, 5.41) is 26.8. The van der Waals surface area contributed by atoms with E-state index in [0.717, 1.165) is 22.3 Å². The zero-order chi connectivity index (χ0) is 18.5. The molecule has 0 spiro atoms. The van der Waals surface area contributed by atoms with E-state index < -0.39 is 12.0 Å². The van der Waals surface area contributed by atoms with Gasteiger partial charge in [0.15, 0.2) is 0 Å². The maximum Gasteiger partial charge on any atom is 0.320 e. The lowest BCUT2D eigenvalue weighted by Gasteiger charge is -2.19. The molecule has 1 aromatic heterocycles. The molecule has 0 saturated carbocycles. The third kappa shape index (κ3) is 3.78. The van der Waals surface area contributed by atoms with Crippen molar-refractivity contribution in [3.63, 3.8) is 0 Å². The third-order valence-electron chi connectivity index (χ3n) is 4.27. The molecule has 3 rings (SSSR count). The van der Waals surface area contributed by atoms with Gasteiger partial charge < -0.3 is 10.4 Å². The summed E-state index contributed by atoms with van der Waals surface area (Å²) in [5.74, 6) is -0.329. The third-order valence-corrected chi connectivity index (χ3v) is 4.27. The Balaban J connectivity index is 1.95. The number of carboxylic acids is 1. The summed E-state index contributed by atoms with van der Waals surface area (Å²) in [7, 11) is 0. The fraction of sp³-hybridized carbons (Fsp3) is 0.263. The van der Waals surface area contributed by atoms with E-state index in [9.17, 15) is 9.90 Å². The molecule has 0 fully saturated rings. The monoisotopic (exact) mass is 351 g/mol. The summed E-state index contributed by atoms with van der Waals surface area (Å²) in [4.78, 5) is 11.4. The molecule has 7 heteroatoms. The smallest absolute Gasteiger partial charge is 0.320 e. The van der Waals surface area contributed by atoms with Gasteiger partial charge in [-0.15, -0.1) is 10.2 Å². The largest absolute Gasteiger partial charge is 0.480 e. The van der Waals surface area contributed by atoms with E-state index in [0.29, 0.717) is 12.4 Å². The number of aromatic amines is 1. The number of hydrogen-bond acceptors (Lipinski definition) is 5. The van der Waals surface area contributed by atoms with Gasteiger partial charge >= 0.3 is 5.97 Å². The first-order chi connectivity index (χ1) is 12.6. The normalized spacial score (nSPS) is 12.3. The van der Waals surface area contributed by atoms with Crippen LogP contribution < -0.4 is 5.32 Å². The van der Waals surface area contributed by atoms with E-state index in [4.69, 9.17) is 0 Å². The van der Waals surface area contributed by atoms with Crippen LogP contribution in [0.15, 0.2) is 48.5 Å². The predicted octanol–water partition coefficient (Wildman–Crippen LogP) is 2.73. The van der Waals surface area contributed by atoms with Gasteiger partial charge in [0, 0.05) is 12.1 Å². The van der Waals surface area contributed by atoms with Gasteiger partial charge in [-0.25, -0.2) is 0 Å². The quantitative estimate of drug-likeness (QED) is 0.605. The van der Waals surface area contributed by atoms with E-state index in [1.165, 1.54) is 0 Å². The molecule has 0 aliphatic heterocycles. The number of H-pyrrole nitrogens is 1. The van der Waals surface area contributed by atoms with Crippen molar-refractivity contribution in [3.05, 3.63) is 54.1 Å². The number of tetrazole rings is 1. The van der Waals surface area contributed by atoms with E-state index in [2.05, 4.69) is 25.9 Å². The van der Waals surface area contributed by atoms with Crippen molar-refractivity contribution >= 4 is 5.97 Å². The molecule has 134 valence electrons. The van der Waals surface area contributed by atoms with E-state index in [1.807, 2.05) is 62.4 Å². The van der Waals surface area contributed by atoms with Crippen molar-refractivity contribution in [1.29, 1.82) is 0 Å². The molecule has 3 aromatic rings. The van der Waals surface area contributed by atoms with Crippen molar-refractivity contribution < 1.29 is 9.90 Å². The lowest BCUT2D eigenvalue weighted by Crippen LogP contribution is -2.40. The van der Waals surface area contributed by atoms with Crippen LogP contribution in [0.3, 0.4) is 0 Å². The molecule has 7 nitrogen and oxygen atoms in total. The molecule has 0 aliphatic carbocycles. The minimum absolute atomic E-state index is 0.00808. The van der Waals surface area contributed by atoms with Crippen LogP contribution in [0.5, 0.6) is 0 Å². The molecule has 0 saturated heterocycles. The summed E-state index contributed by atoms with van der Waals surface area (Å²) in [6.07, 6.45) is 0. The molecule has 0 unspecified atom stereocenters. The van der Waals surface area contributed by atoms with Crippen LogP contribution in [0.25, 0.3) is 22.5 Å². The van der Waals surface area contributed by atoms with Crippen molar-refractivity contribution in [3.8, 4) is 22.5 Å². The van der Waals surface area contributed by atoms with Crippen LogP contribution >= 0.6 is 0 Å². The molecule has 1 atom stereocenters. The van der Waals surface area contributed by atoms with Gasteiger partial charge in [0.2, 0.25) is 5.82 Å². The Morgan fingerprint density at radius 3 is 2.35 bits per heavy atom. The van der Waals surface area contributed by atoms with Crippen LogP contribution in [0.4, 0.5) is 0 Å². The first-order valence-corrected chi connectivity index (χ1v) is 8.45. The zero-order valence-electron chi connectivity index (χ0n) is 14.7. The molecule has 0 bridgehead atoms. The van der Waals surface area contributed by atoms with Crippen molar-refractivity contribution in [2.45, 2.75) is 26.4 Å². The van der Waals surface area contributed by atoms with E-state index in [1.54, 1.807) is 0 Å². The molecule has 3 N–H and O–H groups in total. The molecule has 0 amide bonds. The molecule has 1 heterocycles. The lowest BCUT2D eigenvalue weighted by atomic mass is 9.94. The minimum atomic E-state index is -0.843. The predicted molar refractivity (Wildman–Crippen MR) is 98.2 cm³/mol. The van der Waals surface area contributed by atoms with Gasteiger partial charge in [-0.3, -0.25) is 4.79 Å². The number of aromatic nitrogens is 4. The number of nitrogens with zero attached hydrogens (tertiary/aromatic N) is 3. The zero-order valence-corrected chi connectivity index (χ0v) is 14.7. The Morgan fingerprint density at radius 1 is 1.08 bits per heavy atom. The second-order valence-electron chi connectivity index (χ2n) is 6.38. The first kappa shape index (κ1) is 17.8. The molecular weight excluding hydrogens is 330 g/mol. The van der Waals surface area contributed by atoms with Crippen molar-refractivity contribution in [2.75, 3.05) is 0 Å². The number of carbonyl (C=O) groups is 1. The summed E-state index contributed by atoms with van der Waals surface area (Å²) in [6.45, 7) is 4.23. The lowest BCUT2D eigenvalue weighted by molar-refractivity contribution is -0.140. The van der Waals surface area contributed by atoms with Crippen LogP contribution in [-0.2, 0) is 11.3 Å². The summed E-state index contributed by atoms with van der Waals surface area (Å²) in [6, 6.07) is 15.1. The minimum Gasteiger partial charge on any atom is -0.480 e. The Kier molecular flexibility index (Phi) is 5.38. The highest BCUT2D eigenvalue weighted by molar-refractivity contribution is 5.82. The Morgan fingerprint density at radius 2 is 1.73 bits per heavy atom. The highest BCUT2D eigenvalue weighted by atomic mass is 16.4. The number of aliphatic carboxylic acids is 1. The second-order valence-corrected chi connectivity index (χ2v) is 6.38. The van der Waals surface area contributed by atoms with E-state index in [-0.39, 0.29) is 5.92 Å². The summed E-state index contributed by atoms with van der Waals surface area (Å²) in [5.41, 5.74) is 3.86. The van der Waals surface area contributed by atoms with Gasteiger partial charge in [-0.1, -0.05) is 62.4 Å². The van der Waals surface area contributed by atoms with Crippen LogP contribution in [0.1, 0.15) is 19.4 Å². The van der Waals surface area contributed by atoms with Gasteiger partial charge in [-0.2, -0.15) is 5.21 Å². The van der Waals surface area contributed by atoms with Crippen molar-refractivity contribution in [1.82, 2.24) is 25.9 Å². The fourth-order valence-electron chi connectivity index (χ4n) is 2.95. The Labute approximate surface area is 151 Å².